The minimum Gasteiger partial charge on any atom is -0.493 e. The van der Waals surface area contributed by atoms with E-state index in [2.05, 4.69) is 35.0 Å². The van der Waals surface area contributed by atoms with Gasteiger partial charge in [0.25, 0.3) is 0 Å². The Balaban J connectivity index is 1.35. The Labute approximate surface area is 126 Å². The Hall–Kier alpha value is -1.10. The summed E-state index contributed by atoms with van der Waals surface area (Å²) in [5.41, 5.74) is 2.81. The summed E-state index contributed by atoms with van der Waals surface area (Å²) in [4.78, 5) is 5.02. The highest BCUT2D eigenvalue weighted by Crippen LogP contribution is 2.26. The molecule has 2 fully saturated rings. The molecule has 3 aliphatic rings. The first-order valence-electron chi connectivity index (χ1n) is 8.08. The van der Waals surface area contributed by atoms with Crippen molar-refractivity contribution < 1.29 is 9.47 Å². The Morgan fingerprint density at radius 1 is 1.24 bits per heavy atom. The molecule has 0 aromatic heterocycles. The predicted octanol–water partition coefficient (Wildman–Crippen LogP) is 1.18. The van der Waals surface area contributed by atoms with E-state index in [1.54, 1.807) is 0 Å². The molecule has 114 valence electrons. The van der Waals surface area contributed by atoms with Crippen molar-refractivity contribution in [2.75, 3.05) is 46.4 Å². The molecule has 0 bridgehead atoms. The molecule has 0 saturated carbocycles. The Morgan fingerprint density at radius 2 is 2.19 bits per heavy atom. The van der Waals surface area contributed by atoms with Gasteiger partial charge in [-0.25, -0.2) is 0 Å². The number of hydrogen-bond donors (Lipinski definition) is 0. The molecule has 4 rings (SSSR count). The lowest BCUT2D eigenvalue weighted by Crippen LogP contribution is -2.48. The van der Waals surface area contributed by atoms with Crippen molar-refractivity contribution in [3.05, 3.63) is 29.3 Å². The fourth-order valence-corrected chi connectivity index (χ4v) is 3.80. The number of nitrogens with zero attached hydrogens (tertiary/aromatic N) is 2. The molecule has 0 amide bonds. The van der Waals surface area contributed by atoms with Crippen LogP contribution < -0.4 is 4.74 Å². The average molecular weight is 288 g/mol. The Bertz CT molecular complexity index is 520. The van der Waals surface area contributed by atoms with E-state index >= 15 is 0 Å². The van der Waals surface area contributed by atoms with Crippen LogP contribution in [-0.4, -0.2) is 68.4 Å². The molecule has 0 radical (unpaired) electrons. The van der Waals surface area contributed by atoms with Gasteiger partial charge in [-0.15, -0.1) is 0 Å². The zero-order valence-electron chi connectivity index (χ0n) is 12.8. The van der Waals surface area contributed by atoms with Gasteiger partial charge < -0.3 is 9.47 Å². The van der Waals surface area contributed by atoms with E-state index in [9.17, 15) is 0 Å². The van der Waals surface area contributed by atoms with Gasteiger partial charge >= 0.3 is 0 Å². The first kappa shape index (κ1) is 13.6. The van der Waals surface area contributed by atoms with Crippen LogP contribution in [0.25, 0.3) is 0 Å². The van der Waals surface area contributed by atoms with E-state index < -0.39 is 0 Å². The lowest BCUT2D eigenvalue weighted by atomic mass is 10.1. The van der Waals surface area contributed by atoms with E-state index in [0.29, 0.717) is 12.1 Å². The third-order valence-corrected chi connectivity index (χ3v) is 5.13. The summed E-state index contributed by atoms with van der Waals surface area (Å²) in [6.07, 6.45) is 2.60. The number of likely N-dealkylation sites (tertiary alicyclic amines) is 1. The monoisotopic (exact) mass is 288 g/mol. The van der Waals surface area contributed by atoms with Gasteiger partial charge in [-0.1, -0.05) is 12.1 Å². The van der Waals surface area contributed by atoms with Gasteiger partial charge in [0.1, 0.15) is 5.75 Å². The first-order valence-corrected chi connectivity index (χ1v) is 8.08. The van der Waals surface area contributed by atoms with Crippen LogP contribution in [0, 0.1) is 0 Å². The normalized spacial score (nSPS) is 29.2. The molecular formula is C17H24N2O2. The van der Waals surface area contributed by atoms with Gasteiger partial charge in [0, 0.05) is 38.6 Å². The van der Waals surface area contributed by atoms with Crippen LogP contribution in [0.15, 0.2) is 18.2 Å². The smallest absolute Gasteiger partial charge is 0.122 e. The van der Waals surface area contributed by atoms with Crippen molar-refractivity contribution in [2.45, 2.75) is 25.0 Å². The summed E-state index contributed by atoms with van der Waals surface area (Å²) in [6.45, 7) is 6.16. The number of rotatable bonds is 3. The summed E-state index contributed by atoms with van der Waals surface area (Å²) >= 11 is 0. The minimum atomic E-state index is 0.414. The van der Waals surface area contributed by atoms with Crippen molar-refractivity contribution in [3.8, 4) is 5.75 Å². The fraction of sp³-hybridized carbons (Fsp3) is 0.647. The summed E-state index contributed by atoms with van der Waals surface area (Å²) in [7, 11) is 2.23. The highest BCUT2D eigenvalue weighted by molar-refractivity contribution is 5.39. The molecule has 2 saturated heterocycles. The number of benzene rings is 1. The van der Waals surface area contributed by atoms with Gasteiger partial charge in [-0.2, -0.15) is 0 Å². The molecule has 0 aliphatic carbocycles. The lowest BCUT2D eigenvalue weighted by Gasteiger charge is -2.33. The lowest BCUT2D eigenvalue weighted by molar-refractivity contribution is -0.0369. The third kappa shape index (κ3) is 2.68. The summed E-state index contributed by atoms with van der Waals surface area (Å²) in [6, 6.07) is 7.27. The van der Waals surface area contributed by atoms with Gasteiger partial charge in [0.05, 0.1) is 19.3 Å². The maximum Gasteiger partial charge on any atom is 0.122 e. The fourth-order valence-electron chi connectivity index (χ4n) is 3.80. The van der Waals surface area contributed by atoms with Crippen LogP contribution >= 0.6 is 0 Å². The van der Waals surface area contributed by atoms with Crippen molar-refractivity contribution in [1.82, 2.24) is 9.80 Å². The van der Waals surface area contributed by atoms with E-state index in [1.807, 2.05) is 0 Å². The van der Waals surface area contributed by atoms with Gasteiger partial charge in [-0.3, -0.25) is 9.80 Å². The first-order chi connectivity index (χ1) is 10.3. The van der Waals surface area contributed by atoms with Crippen LogP contribution in [0.3, 0.4) is 0 Å². The number of ether oxygens (including phenoxy) is 2. The van der Waals surface area contributed by atoms with Crippen molar-refractivity contribution in [3.63, 3.8) is 0 Å². The minimum absolute atomic E-state index is 0.414. The quantitative estimate of drug-likeness (QED) is 0.834. The maximum atomic E-state index is 5.92. The summed E-state index contributed by atoms with van der Waals surface area (Å²) < 4.78 is 11.5. The van der Waals surface area contributed by atoms with Crippen LogP contribution in [0.1, 0.15) is 11.1 Å². The van der Waals surface area contributed by atoms with E-state index in [1.165, 1.54) is 11.1 Å². The zero-order valence-corrected chi connectivity index (χ0v) is 12.8. The Kier molecular flexibility index (Phi) is 3.61. The summed E-state index contributed by atoms with van der Waals surface area (Å²) in [5, 5.41) is 0. The molecule has 0 N–H and O–H groups in total. The van der Waals surface area contributed by atoms with Crippen LogP contribution in [0.5, 0.6) is 5.75 Å². The van der Waals surface area contributed by atoms with E-state index in [0.717, 1.165) is 58.0 Å². The van der Waals surface area contributed by atoms with Crippen molar-refractivity contribution in [2.24, 2.45) is 0 Å². The number of fused-ring (bicyclic) bond motifs is 2. The van der Waals surface area contributed by atoms with E-state index in [4.69, 9.17) is 9.47 Å². The van der Waals surface area contributed by atoms with E-state index in [-0.39, 0.29) is 0 Å². The van der Waals surface area contributed by atoms with Gasteiger partial charge in [-0.05, 0) is 30.7 Å². The molecule has 21 heavy (non-hydrogen) atoms. The maximum absolute atomic E-state index is 5.92. The molecule has 3 heterocycles. The molecule has 4 nitrogen and oxygen atoms in total. The van der Waals surface area contributed by atoms with Crippen molar-refractivity contribution >= 4 is 0 Å². The molecule has 0 spiro atoms. The highest BCUT2D eigenvalue weighted by atomic mass is 16.5. The largest absolute Gasteiger partial charge is 0.493 e. The van der Waals surface area contributed by atoms with Crippen molar-refractivity contribution in [1.29, 1.82) is 0 Å². The summed E-state index contributed by atoms with van der Waals surface area (Å²) in [5.74, 6) is 1.08. The molecule has 1 aromatic carbocycles. The molecule has 0 unspecified atom stereocenters. The standard InChI is InChI=1S/C17H24N2O2/c1-18-7-9-21-17-12-19(11-15(17)18)6-4-13-2-3-16-14(10-13)5-8-20-16/h2-3,10,15,17H,4-9,11-12H2,1H3/t15-,17+/m0/s1. The number of hydrogen-bond acceptors (Lipinski definition) is 4. The molecule has 4 heteroatoms. The number of likely N-dealkylation sites (N-methyl/N-ethyl adjacent to an activating group) is 1. The highest BCUT2D eigenvalue weighted by Gasteiger charge is 2.38. The second-order valence-corrected chi connectivity index (χ2v) is 6.51. The molecule has 3 aliphatic heterocycles. The second kappa shape index (κ2) is 5.59. The van der Waals surface area contributed by atoms with Crippen LogP contribution in [0.2, 0.25) is 0 Å². The predicted molar refractivity (Wildman–Crippen MR) is 81.9 cm³/mol. The topological polar surface area (TPSA) is 24.9 Å². The zero-order chi connectivity index (χ0) is 14.2. The second-order valence-electron chi connectivity index (χ2n) is 6.51. The van der Waals surface area contributed by atoms with Crippen LogP contribution in [-0.2, 0) is 17.6 Å². The van der Waals surface area contributed by atoms with Gasteiger partial charge in [0.2, 0.25) is 0 Å². The Morgan fingerprint density at radius 3 is 3.10 bits per heavy atom. The average Bonchev–Trinajstić information content (AvgIpc) is 3.11. The SMILES string of the molecule is CN1CCO[C@@H]2CN(CCc3ccc4c(c3)CCO4)C[C@@H]21. The molecule has 1 aromatic rings. The molecule has 2 atom stereocenters. The van der Waals surface area contributed by atoms with Crippen LogP contribution in [0.4, 0.5) is 0 Å². The third-order valence-electron chi connectivity index (χ3n) is 5.13. The molecular weight excluding hydrogens is 264 g/mol. The van der Waals surface area contributed by atoms with Gasteiger partial charge in [0.15, 0.2) is 0 Å². The number of morpholine rings is 1.